The highest BCUT2D eigenvalue weighted by atomic mass is 32.2. The van der Waals surface area contributed by atoms with Crippen LogP contribution >= 0.6 is 0 Å². The summed E-state index contributed by atoms with van der Waals surface area (Å²) < 4.78 is 28.2. The topological polar surface area (TPSA) is 102 Å². The standard InChI is InChI=1S/C19H23N3O4S/c1-3-11-26-17-9-7-15(8-10-17)13-22(2)14-19(23)21-16-5-4-6-18(12-16)27(20,24)25/h3-10,12H,1,11,13-14H2,2H3,(H,21,23)(H2,20,24,25). The Morgan fingerprint density at radius 2 is 1.96 bits per heavy atom. The number of carbonyl (C=O) groups excluding carboxylic acids is 1. The molecule has 0 spiro atoms. The summed E-state index contributed by atoms with van der Waals surface area (Å²) in [6.45, 7) is 4.77. The second-order valence-electron chi connectivity index (χ2n) is 6.04. The average molecular weight is 389 g/mol. The molecule has 0 radical (unpaired) electrons. The molecular formula is C19H23N3O4S. The van der Waals surface area contributed by atoms with E-state index >= 15 is 0 Å². The van der Waals surface area contributed by atoms with E-state index < -0.39 is 10.0 Å². The van der Waals surface area contributed by atoms with Crippen LogP contribution in [0.1, 0.15) is 5.56 Å². The molecule has 27 heavy (non-hydrogen) atoms. The van der Waals surface area contributed by atoms with Gasteiger partial charge < -0.3 is 10.1 Å². The van der Waals surface area contributed by atoms with Crippen molar-refractivity contribution in [3.63, 3.8) is 0 Å². The number of nitrogens with zero attached hydrogens (tertiary/aromatic N) is 1. The van der Waals surface area contributed by atoms with Crippen LogP contribution in [0.3, 0.4) is 0 Å². The molecule has 0 atom stereocenters. The second kappa shape index (κ2) is 9.31. The number of carbonyl (C=O) groups is 1. The van der Waals surface area contributed by atoms with E-state index in [1.54, 1.807) is 12.1 Å². The zero-order valence-electron chi connectivity index (χ0n) is 15.1. The highest BCUT2D eigenvalue weighted by Crippen LogP contribution is 2.15. The van der Waals surface area contributed by atoms with Gasteiger partial charge in [-0.1, -0.05) is 30.9 Å². The van der Waals surface area contributed by atoms with E-state index in [2.05, 4.69) is 11.9 Å². The van der Waals surface area contributed by atoms with Crippen molar-refractivity contribution < 1.29 is 17.9 Å². The Morgan fingerprint density at radius 1 is 1.26 bits per heavy atom. The molecule has 2 aromatic carbocycles. The third-order valence-corrected chi connectivity index (χ3v) is 4.51. The van der Waals surface area contributed by atoms with Gasteiger partial charge in [0.25, 0.3) is 0 Å². The van der Waals surface area contributed by atoms with Crippen molar-refractivity contribution in [1.82, 2.24) is 4.90 Å². The molecule has 0 saturated carbocycles. The van der Waals surface area contributed by atoms with Gasteiger partial charge in [0.2, 0.25) is 15.9 Å². The van der Waals surface area contributed by atoms with Crippen LogP contribution in [0, 0.1) is 0 Å². The Hall–Kier alpha value is -2.68. The zero-order valence-corrected chi connectivity index (χ0v) is 15.9. The van der Waals surface area contributed by atoms with Crippen LogP contribution in [0.15, 0.2) is 66.1 Å². The highest BCUT2D eigenvalue weighted by molar-refractivity contribution is 7.89. The van der Waals surface area contributed by atoms with E-state index in [1.165, 1.54) is 18.2 Å². The molecule has 0 aliphatic carbocycles. The van der Waals surface area contributed by atoms with Crippen molar-refractivity contribution in [2.75, 3.05) is 25.5 Å². The predicted octanol–water partition coefficient (Wildman–Crippen LogP) is 1.97. The van der Waals surface area contributed by atoms with Crippen LogP contribution in [0.5, 0.6) is 5.75 Å². The number of nitrogens with two attached hydrogens (primary N) is 1. The third kappa shape index (κ3) is 6.86. The van der Waals surface area contributed by atoms with Crippen LogP contribution in [0.4, 0.5) is 5.69 Å². The zero-order chi connectivity index (χ0) is 19.9. The quantitative estimate of drug-likeness (QED) is 0.639. The first-order valence-corrected chi connectivity index (χ1v) is 9.76. The molecule has 3 N–H and O–H groups in total. The van der Waals surface area contributed by atoms with Crippen LogP contribution < -0.4 is 15.2 Å². The first-order valence-electron chi connectivity index (χ1n) is 8.22. The molecule has 1 amide bonds. The summed E-state index contributed by atoms with van der Waals surface area (Å²) in [4.78, 5) is 14.0. The van der Waals surface area contributed by atoms with Gasteiger partial charge in [0.15, 0.2) is 0 Å². The minimum atomic E-state index is -3.81. The van der Waals surface area contributed by atoms with E-state index in [0.717, 1.165) is 11.3 Å². The van der Waals surface area contributed by atoms with E-state index in [4.69, 9.17) is 9.88 Å². The number of hydrogen-bond donors (Lipinski definition) is 2. The number of likely N-dealkylation sites (N-methyl/N-ethyl adjacent to an activating group) is 1. The number of nitrogens with one attached hydrogen (secondary N) is 1. The predicted molar refractivity (Wildman–Crippen MR) is 105 cm³/mol. The third-order valence-electron chi connectivity index (χ3n) is 3.60. The van der Waals surface area contributed by atoms with Crippen molar-refractivity contribution in [2.45, 2.75) is 11.4 Å². The Labute approximate surface area is 159 Å². The van der Waals surface area contributed by atoms with Gasteiger partial charge in [-0.15, -0.1) is 0 Å². The fourth-order valence-electron chi connectivity index (χ4n) is 2.41. The molecule has 2 aromatic rings. The number of rotatable bonds is 9. The molecule has 0 fully saturated rings. The van der Waals surface area contributed by atoms with Crippen molar-refractivity contribution >= 4 is 21.6 Å². The largest absolute Gasteiger partial charge is 0.490 e. The fourth-order valence-corrected chi connectivity index (χ4v) is 2.97. The molecule has 0 aliphatic heterocycles. The molecule has 0 bridgehead atoms. The van der Waals surface area contributed by atoms with Gasteiger partial charge in [-0.05, 0) is 42.9 Å². The molecule has 2 rings (SSSR count). The molecule has 0 saturated heterocycles. The van der Waals surface area contributed by atoms with E-state index in [9.17, 15) is 13.2 Å². The molecule has 7 nitrogen and oxygen atoms in total. The van der Waals surface area contributed by atoms with Crippen LogP contribution in [0.25, 0.3) is 0 Å². The first-order chi connectivity index (χ1) is 12.8. The second-order valence-corrected chi connectivity index (χ2v) is 7.60. The lowest BCUT2D eigenvalue weighted by Gasteiger charge is -2.17. The van der Waals surface area contributed by atoms with Crippen LogP contribution in [-0.4, -0.2) is 39.4 Å². The normalized spacial score (nSPS) is 11.2. The van der Waals surface area contributed by atoms with Crippen molar-refractivity contribution in [3.05, 3.63) is 66.7 Å². The van der Waals surface area contributed by atoms with E-state index in [1.807, 2.05) is 36.2 Å². The van der Waals surface area contributed by atoms with Gasteiger partial charge >= 0.3 is 0 Å². The lowest BCUT2D eigenvalue weighted by Crippen LogP contribution is -2.29. The van der Waals surface area contributed by atoms with Crippen LogP contribution in [0.2, 0.25) is 0 Å². The molecular weight excluding hydrogens is 366 g/mol. The van der Waals surface area contributed by atoms with Gasteiger partial charge in [-0.2, -0.15) is 0 Å². The summed E-state index contributed by atoms with van der Waals surface area (Å²) in [5.74, 6) is 0.504. The maximum absolute atomic E-state index is 12.2. The number of benzene rings is 2. The van der Waals surface area contributed by atoms with Crippen LogP contribution in [-0.2, 0) is 21.4 Å². The molecule has 8 heteroatoms. The lowest BCUT2D eigenvalue weighted by molar-refractivity contribution is -0.117. The number of sulfonamides is 1. The number of hydrogen-bond acceptors (Lipinski definition) is 5. The first kappa shape index (κ1) is 20.6. The van der Waals surface area contributed by atoms with E-state index in [0.29, 0.717) is 18.8 Å². The highest BCUT2D eigenvalue weighted by Gasteiger charge is 2.11. The SMILES string of the molecule is C=CCOc1ccc(CN(C)CC(=O)Nc2cccc(S(N)(=O)=O)c2)cc1. The summed E-state index contributed by atoms with van der Waals surface area (Å²) in [5, 5.41) is 7.77. The summed E-state index contributed by atoms with van der Waals surface area (Å²) >= 11 is 0. The smallest absolute Gasteiger partial charge is 0.238 e. The Morgan fingerprint density at radius 3 is 2.59 bits per heavy atom. The van der Waals surface area contributed by atoms with Crippen molar-refractivity contribution in [3.8, 4) is 5.75 Å². The van der Waals surface area contributed by atoms with Crippen molar-refractivity contribution in [2.24, 2.45) is 5.14 Å². The number of ether oxygens (including phenoxy) is 1. The molecule has 0 heterocycles. The number of anilines is 1. The van der Waals surface area contributed by atoms with Gasteiger partial charge in [0, 0.05) is 12.2 Å². The summed E-state index contributed by atoms with van der Waals surface area (Å²) in [5.41, 5.74) is 1.41. The van der Waals surface area contributed by atoms with Gasteiger partial charge in [-0.3, -0.25) is 9.69 Å². The van der Waals surface area contributed by atoms with Crippen molar-refractivity contribution in [1.29, 1.82) is 0 Å². The minimum absolute atomic E-state index is 0.0487. The number of amides is 1. The molecule has 0 aromatic heterocycles. The van der Waals surface area contributed by atoms with Gasteiger partial charge in [0.05, 0.1) is 11.4 Å². The average Bonchev–Trinajstić information content (AvgIpc) is 2.60. The van der Waals surface area contributed by atoms with Gasteiger partial charge in [-0.25, -0.2) is 13.6 Å². The maximum Gasteiger partial charge on any atom is 0.238 e. The monoisotopic (exact) mass is 389 g/mol. The number of primary sulfonamides is 1. The fraction of sp³-hybridized carbons (Fsp3) is 0.211. The lowest BCUT2D eigenvalue weighted by atomic mass is 10.2. The molecule has 144 valence electrons. The van der Waals surface area contributed by atoms with E-state index in [-0.39, 0.29) is 17.3 Å². The summed E-state index contributed by atoms with van der Waals surface area (Å²) in [7, 11) is -1.99. The van der Waals surface area contributed by atoms with Gasteiger partial charge in [0.1, 0.15) is 12.4 Å². The Bertz CT molecular complexity index is 895. The summed E-state index contributed by atoms with van der Waals surface area (Å²) in [6.07, 6.45) is 1.68. The summed E-state index contributed by atoms with van der Waals surface area (Å²) in [6, 6.07) is 13.4. The Kier molecular flexibility index (Phi) is 7.12. The maximum atomic E-state index is 12.2. The Balaban J connectivity index is 1.89. The minimum Gasteiger partial charge on any atom is -0.490 e. The molecule has 0 unspecified atom stereocenters. The molecule has 0 aliphatic rings.